The summed E-state index contributed by atoms with van der Waals surface area (Å²) >= 11 is 0. The molecule has 0 radical (unpaired) electrons. The van der Waals surface area contributed by atoms with Crippen molar-refractivity contribution < 1.29 is 14.3 Å². The quantitative estimate of drug-likeness (QED) is 0.691. The molecule has 3 nitrogen and oxygen atoms in total. The summed E-state index contributed by atoms with van der Waals surface area (Å²) in [6.45, 7) is 0. The highest BCUT2D eigenvalue weighted by Gasteiger charge is 2.17. The number of hydrogen-bond acceptors (Lipinski definition) is 2. The second kappa shape index (κ2) is 3.32. The van der Waals surface area contributed by atoms with Gasteiger partial charge in [0, 0.05) is 5.56 Å². The number of rotatable bonds is 2. The van der Waals surface area contributed by atoms with Crippen LogP contribution in [0.1, 0.15) is 11.6 Å². The maximum atomic E-state index is 12.9. The first-order valence-corrected chi connectivity index (χ1v) is 3.35. The molecule has 0 heterocycles. The highest BCUT2D eigenvalue weighted by atomic mass is 19.1. The van der Waals surface area contributed by atoms with Crippen molar-refractivity contribution >= 4 is 5.97 Å². The monoisotopic (exact) mass is 169 g/mol. The Bertz CT molecular complexity index is 301. The van der Waals surface area contributed by atoms with E-state index in [0.717, 1.165) is 0 Å². The van der Waals surface area contributed by atoms with E-state index in [0.29, 0.717) is 0 Å². The molecule has 0 aliphatic heterocycles. The second-order valence-electron chi connectivity index (χ2n) is 2.34. The summed E-state index contributed by atoms with van der Waals surface area (Å²) in [5.74, 6) is -1.83. The van der Waals surface area contributed by atoms with Gasteiger partial charge in [-0.1, -0.05) is 18.2 Å². The van der Waals surface area contributed by atoms with Gasteiger partial charge in [-0.05, 0) is 6.07 Å². The van der Waals surface area contributed by atoms with Gasteiger partial charge in [0.05, 0.1) is 0 Å². The SMILES string of the molecule is NC(C(=O)O)c1ccccc1F. The molecular weight excluding hydrogens is 161 g/mol. The lowest BCUT2D eigenvalue weighted by Crippen LogP contribution is -2.21. The summed E-state index contributed by atoms with van der Waals surface area (Å²) in [5, 5.41) is 8.47. The molecule has 1 unspecified atom stereocenters. The fourth-order valence-electron chi connectivity index (χ4n) is 0.860. The molecule has 0 spiro atoms. The number of halogens is 1. The van der Waals surface area contributed by atoms with E-state index >= 15 is 0 Å². The zero-order valence-electron chi connectivity index (χ0n) is 6.20. The van der Waals surface area contributed by atoms with Crippen LogP contribution in [0.4, 0.5) is 4.39 Å². The van der Waals surface area contributed by atoms with Crippen LogP contribution in [0.2, 0.25) is 0 Å². The van der Waals surface area contributed by atoms with Crippen molar-refractivity contribution in [3.05, 3.63) is 35.6 Å². The van der Waals surface area contributed by atoms with E-state index in [9.17, 15) is 9.18 Å². The average molecular weight is 169 g/mol. The fraction of sp³-hybridized carbons (Fsp3) is 0.125. The molecule has 0 amide bonds. The third-order valence-corrected chi connectivity index (χ3v) is 1.51. The van der Waals surface area contributed by atoms with E-state index in [1.807, 2.05) is 0 Å². The number of aliphatic carboxylic acids is 1. The Morgan fingerprint density at radius 1 is 1.50 bits per heavy atom. The summed E-state index contributed by atoms with van der Waals surface area (Å²) < 4.78 is 12.9. The minimum absolute atomic E-state index is 0.00463. The summed E-state index contributed by atoms with van der Waals surface area (Å²) in [6.07, 6.45) is 0. The average Bonchev–Trinajstić information content (AvgIpc) is 2.04. The van der Waals surface area contributed by atoms with E-state index in [-0.39, 0.29) is 5.56 Å². The molecule has 4 heteroatoms. The standard InChI is InChI=1S/C8H8FNO2/c9-6-4-2-1-3-5(6)7(10)8(11)12/h1-4,7H,10H2,(H,11,12). The summed E-state index contributed by atoms with van der Waals surface area (Å²) in [4.78, 5) is 10.4. The molecule has 3 N–H and O–H groups in total. The molecule has 1 rings (SSSR count). The van der Waals surface area contributed by atoms with Crippen LogP contribution in [-0.4, -0.2) is 11.1 Å². The molecule has 0 fully saturated rings. The number of benzene rings is 1. The third kappa shape index (κ3) is 1.60. The van der Waals surface area contributed by atoms with E-state index in [1.165, 1.54) is 18.2 Å². The smallest absolute Gasteiger partial charge is 0.325 e. The Hall–Kier alpha value is -1.42. The first-order valence-electron chi connectivity index (χ1n) is 3.35. The van der Waals surface area contributed by atoms with Crippen molar-refractivity contribution in [2.75, 3.05) is 0 Å². The summed E-state index contributed by atoms with van der Waals surface area (Å²) in [7, 11) is 0. The molecule has 1 atom stereocenters. The van der Waals surface area contributed by atoms with Gasteiger partial charge in [0.2, 0.25) is 0 Å². The van der Waals surface area contributed by atoms with Crippen LogP contribution in [0, 0.1) is 5.82 Å². The van der Waals surface area contributed by atoms with Crippen LogP contribution >= 0.6 is 0 Å². The normalized spacial score (nSPS) is 12.5. The maximum Gasteiger partial charge on any atom is 0.325 e. The van der Waals surface area contributed by atoms with Crippen molar-refractivity contribution in [2.24, 2.45) is 5.73 Å². The zero-order valence-corrected chi connectivity index (χ0v) is 6.20. The molecule has 0 aliphatic rings. The number of hydrogen-bond donors (Lipinski definition) is 2. The van der Waals surface area contributed by atoms with Crippen molar-refractivity contribution in [3.8, 4) is 0 Å². The van der Waals surface area contributed by atoms with E-state index < -0.39 is 17.8 Å². The minimum atomic E-state index is -1.29. The Morgan fingerprint density at radius 2 is 2.08 bits per heavy atom. The lowest BCUT2D eigenvalue weighted by Gasteiger charge is -2.06. The van der Waals surface area contributed by atoms with Crippen LogP contribution in [-0.2, 0) is 4.79 Å². The number of carboxylic acids is 1. The maximum absolute atomic E-state index is 12.9. The predicted molar refractivity (Wildman–Crippen MR) is 41.0 cm³/mol. The topological polar surface area (TPSA) is 63.3 Å². The molecule has 1 aromatic carbocycles. The first kappa shape index (κ1) is 8.67. The minimum Gasteiger partial charge on any atom is -0.480 e. The number of carbonyl (C=O) groups is 1. The molecule has 0 saturated heterocycles. The van der Waals surface area contributed by atoms with Gasteiger partial charge < -0.3 is 10.8 Å². The van der Waals surface area contributed by atoms with Gasteiger partial charge in [0.1, 0.15) is 11.9 Å². The zero-order chi connectivity index (χ0) is 9.14. The van der Waals surface area contributed by atoms with Crippen molar-refractivity contribution in [2.45, 2.75) is 6.04 Å². The van der Waals surface area contributed by atoms with Gasteiger partial charge in [-0.3, -0.25) is 4.79 Å². The largest absolute Gasteiger partial charge is 0.480 e. The Kier molecular flexibility index (Phi) is 2.40. The molecule has 0 saturated carbocycles. The lowest BCUT2D eigenvalue weighted by atomic mass is 10.1. The number of carboxylic acid groups (broad SMARTS) is 1. The number of nitrogens with two attached hydrogens (primary N) is 1. The van der Waals surface area contributed by atoms with Gasteiger partial charge in [0.25, 0.3) is 0 Å². The molecule has 1 aromatic rings. The van der Waals surface area contributed by atoms with E-state index in [4.69, 9.17) is 10.8 Å². The molecule has 0 aromatic heterocycles. The van der Waals surface area contributed by atoms with Gasteiger partial charge in [0.15, 0.2) is 0 Å². The molecule has 64 valence electrons. The second-order valence-corrected chi connectivity index (χ2v) is 2.34. The highest BCUT2D eigenvalue weighted by Crippen LogP contribution is 2.13. The Morgan fingerprint density at radius 3 is 2.58 bits per heavy atom. The molecule has 0 aliphatic carbocycles. The summed E-state index contributed by atoms with van der Waals surface area (Å²) in [5.41, 5.74) is 5.20. The van der Waals surface area contributed by atoms with Gasteiger partial charge in [-0.25, -0.2) is 4.39 Å². The fourth-order valence-corrected chi connectivity index (χ4v) is 0.860. The van der Waals surface area contributed by atoms with Gasteiger partial charge in [-0.2, -0.15) is 0 Å². The first-order chi connectivity index (χ1) is 5.63. The van der Waals surface area contributed by atoms with Crippen molar-refractivity contribution in [1.29, 1.82) is 0 Å². The molecule has 12 heavy (non-hydrogen) atoms. The Labute approximate surface area is 68.6 Å². The van der Waals surface area contributed by atoms with Crippen LogP contribution in [0.15, 0.2) is 24.3 Å². The van der Waals surface area contributed by atoms with Crippen LogP contribution < -0.4 is 5.73 Å². The van der Waals surface area contributed by atoms with E-state index in [1.54, 1.807) is 6.07 Å². The summed E-state index contributed by atoms with van der Waals surface area (Å²) in [6, 6.07) is 4.27. The van der Waals surface area contributed by atoms with Crippen molar-refractivity contribution in [1.82, 2.24) is 0 Å². The Balaban J connectivity index is 3.02. The molecular formula is C8H8FNO2. The van der Waals surface area contributed by atoms with Crippen LogP contribution in [0.25, 0.3) is 0 Å². The predicted octanol–water partition coefficient (Wildman–Crippen LogP) is 0.910. The molecule has 0 bridgehead atoms. The van der Waals surface area contributed by atoms with Crippen LogP contribution in [0.5, 0.6) is 0 Å². The van der Waals surface area contributed by atoms with Gasteiger partial charge in [-0.15, -0.1) is 0 Å². The van der Waals surface area contributed by atoms with Gasteiger partial charge >= 0.3 is 5.97 Å². The third-order valence-electron chi connectivity index (χ3n) is 1.51. The van der Waals surface area contributed by atoms with Crippen LogP contribution in [0.3, 0.4) is 0 Å². The highest BCUT2D eigenvalue weighted by molar-refractivity contribution is 5.75. The lowest BCUT2D eigenvalue weighted by molar-refractivity contribution is -0.138. The van der Waals surface area contributed by atoms with E-state index in [2.05, 4.69) is 0 Å². The van der Waals surface area contributed by atoms with Crippen molar-refractivity contribution in [3.63, 3.8) is 0 Å².